The molecule has 4 nitrogen and oxygen atoms in total. The number of rotatable bonds is 4. The third-order valence-corrected chi connectivity index (χ3v) is 5.16. The summed E-state index contributed by atoms with van der Waals surface area (Å²) in [6, 6.07) is 17.8. The highest BCUT2D eigenvalue weighted by molar-refractivity contribution is 7.13. The monoisotopic (exact) mass is 392 g/mol. The van der Waals surface area contributed by atoms with Crippen molar-refractivity contribution in [3.05, 3.63) is 76.4 Å². The van der Waals surface area contributed by atoms with Crippen LogP contribution in [0.2, 0.25) is 5.02 Å². The van der Waals surface area contributed by atoms with Gasteiger partial charge in [-0.05, 0) is 44.2 Å². The molecule has 0 aliphatic carbocycles. The minimum absolute atomic E-state index is 0.610. The van der Waals surface area contributed by atoms with Gasteiger partial charge in [-0.3, -0.25) is 0 Å². The van der Waals surface area contributed by atoms with Crippen molar-refractivity contribution in [1.29, 1.82) is 0 Å². The van der Waals surface area contributed by atoms with Crippen LogP contribution < -0.4 is 5.32 Å². The Morgan fingerprint density at radius 3 is 2.11 bits per heavy atom. The molecule has 134 valence electrons. The van der Waals surface area contributed by atoms with Crippen molar-refractivity contribution < 1.29 is 0 Å². The molecule has 0 spiro atoms. The van der Waals surface area contributed by atoms with Crippen LogP contribution in [-0.2, 0) is 0 Å². The van der Waals surface area contributed by atoms with Crippen molar-refractivity contribution in [2.24, 2.45) is 0 Å². The molecule has 0 fully saturated rings. The smallest absolute Gasteiger partial charge is 0.227 e. The first kappa shape index (κ1) is 17.6. The van der Waals surface area contributed by atoms with Crippen LogP contribution in [0.5, 0.6) is 0 Å². The van der Waals surface area contributed by atoms with Gasteiger partial charge >= 0.3 is 0 Å². The molecule has 0 radical (unpaired) electrons. The van der Waals surface area contributed by atoms with E-state index in [-0.39, 0.29) is 0 Å². The Hall–Kier alpha value is -2.76. The fourth-order valence-corrected chi connectivity index (χ4v) is 3.73. The third kappa shape index (κ3) is 4.15. The van der Waals surface area contributed by atoms with Crippen LogP contribution in [0.25, 0.3) is 21.8 Å². The van der Waals surface area contributed by atoms with Gasteiger partial charge in [-0.15, -0.1) is 11.3 Å². The van der Waals surface area contributed by atoms with Gasteiger partial charge in [-0.25, -0.2) is 15.0 Å². The molecule has 2 aromatic carbocycles. The lowest BCUT2D eigenvalue weighted by Crippen LogP contribution is -1.99. The summed E-state index contributed by atoms with van der Waals surface area (Å²) in [5.74, 6) is 0.610. The molecule has 2 heterocycles. The van der Waals surface area contributed by atoms with E-state index in [4.69, 9.17) is 16.6 Å². The van der Waals surface area contributed by atoms with Crippen LogP contribution in [0.3, 0.4) is 0 Å². The SMILES string of the molecule is Cc1cc(C)nc(Nc2ccc(-c3csc(-c4ccc(Cl)cc4)n3)cc2)n1. The normalized spacial score (nSPS) is 10.8. The maximum absolute atomic E-state index is 5.96. The van der Waals surface area contributed by atoms with Gasteiger partial charge in [0.1, 0.15) is 5.01 Å². The number of thiazole rings is 1. The number of nitrogens with one attached hydrogen (secondary N) is 1. The molecule has 0 amide bonds. The van der Waals surface area contributed by atoms with E-state index in [2.05, 4.69) is 20.7 Å². The number of halogens is 1. The zero-order chi connectivity index (χ0) is 18.8. The lowest BCUT2D eigenvalue weighted by molar-refractivity contribution is 1.06. The van der Waals surface area contributed by atoms with Crippen LogP contribution in [0.4, 0.5) is 11.6 Å². The molecular formula is C21H17ClN4S. The Balaban J connectivity index is 1.53. The molecule has 0 atom stereocenters. The summed E-state index contributed by atoms with van der Waals surface area (Å²) in [5.41, 5.74) is 5.92. The van der Waals surface area contributed by atoms with Gasteiger partial charge in [-0.1, -0.05) is 35.9 Å². The number of aromatic nitrogens is 3. The van der Waals surface area contributed by atoms with Crippen molar-refractivity contribution in [3.63, 3.8) is 0 Å². The van der Waals surface area contributed by atoms with Gasteiger partial charge in [-0.2, -0.15) is 0 Å². The number of anilines is 2. The summed E-state index contributed by atoms with van der Waals surface area (Å²) < 4.78 is 0. The summed E-state index contributed by atoms with van der Waals surface area (Å²) in [6.07, 6.45) is 0. The molecule has 2 aromatic heterocycles. The minimum atomic E-state index is 0.610. The molecule has 0 bridgehead atoms. The topological polar surface area (TPSA) is 50.7 Å². The van der Waals surface area contributed by atoms with Gasteiger partial charge in [0.2, 0.25) is 5.95 Å². The predicted molar refractivity (Wildman–Crippen MR) is 113 cm³/mol. The number of nitrogens with zero attached hydrogens (tertiary/aromatic N) is 3. The van der Waals surface area contributed by atoms with E-state index in [1.807, 2.05) is 68.4 Å². The molecule has 4 aromatic rings. The molecule has 6 heteroatoms. The minimum Gasteiger partial charge on any atom is -0.324 e. The first-order chi connectivity index (χ1) is 13.1. The van der Waals surface area contributed by atoms with E-state index in [9.17, 15) is 0 Å². The second kappa shape index (κ2) is 7.47. The molecule has 4 rings (SSSR count). The molecule has 1 N–H and O–H groups in total. The van der Waals surface area contributed by atoms with Gasteiger partial charge < -0.3 is 5.32 Å². The molecule has 0 saturated carbocycles. The van der Waals surface area contributed by atoms with Gasteiger partial charge in [0.05, 0.1) is 5.69 Å². The van der Waals surface area contributed by atoms with Crippen molar-refractivity contribution in [3.8, 4) is 21.8 Å². The Morgan fingerprint density at radius 2 is 1.44 bits per heavy atom. The average Bonchev–Trinajstić information content (AvgIpc) is 3.12. The molecule has 27 heavy (non-hydrogen) atoms. The largest absolute Gasteiger partial charge is 0.324 e. The highest BCUT2D eigenvalue weighted by Gasteiger charge is 2.07. The molecule has 0 unspecified atom stereocenters. The Kier molecular flexibility index (Phi) is 4.88. The van der Waals surface area contributed by atoms with Crippen LogP contribution in [-0.4, -0.2) is 15.0 Å². The highest BCUT2D eigenvalue weighted by Crippen LogP contribution is 2.30. The zero-order valence-corrected chi connectivity index (χ0v) is 16.5. The number of hydrogen-bond donors (Lipinski definition) is 1. The second-order valence-corrected chi connectivity index (χ2v) is 7.52. The van der Waals surface area contributed by atoms with E-state index in [0.29, 0.717) is 5.95 Å². The van der Waals surface area contributed by atoms with Crippen molar-refractivity contribution in [2.45, 2.75) is 13.8 Å². The molecular weight excluding hydrogens is 376 g/mol. The lowest BCUT2D eigenvalue weighted by atomic mass is 10.1. The number of aryl methyl sites for hydroxylation is 2. The van der Waals surface area contributed by atoms with Crippen molar-refractivity contribution in [2.75, 3.05) is 5.32 Å². The Labute approximate surface area is 166 Å². The van der Waals surface area contributed by atoms with Crippen LogP contribution in [0.15, 0.2) is 60.0 Å². The highest BCUT2D eigenvalue weighted by atomic mass is 35.5. The first-order valence-corrected chi connectivity index (χ1v) is 9.74. The van der Waals surface area contributed by atoms with Crippen LogP contribution in [0.1, 0.15) is 11.4 Å². The van der Waals surface area contributed by atoms with E-state index < -0.39 is 0 Å². The standard InChI is InChI=1S/C21H17ClN4S/c1-13-11-14(2)24-21(23-13)25-18-9-5-15(6-10-18)19-12-27-20(26-19)16-3-7-17(22)8-4-16/h3-12H,1-2H3,(H,23,24,25). The van der Waals surface area contributed by atoms with Crippen molar-refractivity contribution >= 4 is 34.6 Å². The predicted octanol–water partition coefficient (Wildman–Crippen LogP) is 6.28. The fraction of sp³-hybridized carbons (Fsp3) is 0.0952. The molecule has 0 aliphatic rings. The van der Waals surface area contributed by atoms with E-state index in [1.54, 1.807) is 11.3 Å². The quantitative estimate of drug-likeness (QED) is 0.444. The van der Waals surface area contributed by atoms with Crippen LogP contribution in [0, 0.1) is 13.8 Å². The number of hydrogen-bond acceptors (Lipinski definition) is 5. The maximum Gasteiger partial charge on any atom is 0.227 e. The molecule has 0 aliphatic heterocycles. The van der Waals surface area contributed by atoms with E-state index in [1.165, 1.54) is 0 Å². The summed E-state index contributed by atoms with van der Waals surface area (Å²) in [4.78, 5) is 13.6. The summed E-state index contributed by atoms with van der Waals surface area (Å²) in [5, 5.41) is 7.02. The summed E-state index contributed by atoms with van der Waals surface area (Å²) in [6.45, 7) is 3.92. The summed E-state index contributed by atoms with van der Waals surface area (Å²) >= 11 is 7.58. The Morgan fingerprint density at radius 1 is 0.815 bits per heavy atom. The zero-order valence-electron chi connectivity index (χ0n) is 14.9. The van der Waals surface area contributed by atoms with Crippen LogP contribution >= 0.6 is 22.9 Å². The molecule has 0 saturated heterocycles. The average molecular weight is 393 g/mol. The first-order valence-electron chi connectivity index (χ1n) is 8.48. The van der Waals surface area contributed by atoms with E-state index >= 15 is 0 Å². The Bertz CT molecular complexity index is 1050. The lowest BCUT2D eigenvalue weighted by Gasteiger charge is -2.07. The van der Waals surface area contributed by atoms with Gasteiger partial charge in [0, 0.05) is 38.6 Å². The second-order valence-electron chi connectivity index (χ2n) is 6.22. The summed E-state index contributed by atoms with van der Waals surface area (Å²) in [7, 11) is 0. The van der Waals surface area contributed by atoms with Crippen molar-refractivity contribution in [1.82, 2.24) is 15.0 Å². The fourth-order valence-electron chi connectivity index (χ4n) is 2.77. The van der Waals surface area contributed by atoms with Gasteiger partial charge in [0.15, 0.2) is 0 Å². The van der Waals surface area contributed by atoms with E-state index in [0.717, 1.165) is 43.9 Å². The third-order valence-electron chi connectivity index (χ3n) is 4.01. The maximum atomic E-state index is 5.96. The van der Waals surface area contributed by atoms with Gasteiger partial charge in [0.25, 0.3) is 0 Å². The number of benzene rings is 2.